The zero-order valence-corrected chi connectivity index (χ0v) is 19.4. The van der Waals surface area contributed by atoms with Crippen molar-refractivity contribution in [2.45, 2.75) is 22.6 Å². The second-order valence-corrected chi connectivity index (χ2v) is 10.4. The maximum absolute atomic E-state index is 5.70. The summed E-state index contributed by atoms with van der Waals surface area (Å²) in [5, 5.41) is 3.81. The smallest absolute Gasteiger partial charge is 0.153 e. The highest BCUT2D eigenvalue weighted by Gasteiger charge is 2.29. The number of aromatic amines is 1. The number of para-hydroxylation sites is 2. The van der Waals surface area contributed by atoms with Crippen LogP contribution in [0.5, 0.6) is 5.75 Å². The van der Waals surface area contributed by atoms with Crippen LogP contribution in [0.2, 0.25) is 0 Å². The molecular weight excluding hydrogens is 434 g/mol. The number of nitrogens with zero attached hydrogens (tertiary/aromatic N) is 1. The fourth-order valence-electron chi connectivity index (χ4n) is 4.73. The van der Waals surface area contributed by atoms with Gasteiger partial charge in [-0.15, -0.1) is 11.3 Å². The lowest BCUT2D eigenvalue weighted by atomic mass is 9.93. The first-order chi connectivity index (χ1) is 15.8. The van der Waals surface area contributed by atoms with Gasteiger partial charge >= 0.3 is 0 Å². The Morgan fingerprint density at radius 1 is 1.12 bits per heavy atom. The summed E-state index contributed by atoms with van der Waals surface area (Å²) in [6.07, 6.45) is 1.10. The third-order valence-corrected chi connectivity index (χ3v) is 8.47. The average molecular weight is 459 g/mol. The predicted molar refractivity (Wildman–Crippen MR) is 133 cm³/mol. The van der Waals surface area contributed by atoms with Gasteiger partial charge in [-0.3, -0.25) is 0 Å². The second kappa shape index (κ2) is 8.28. The lowest BCUT2D eigenvalue weighted by Crippen LogP contribution is -2.87. The van der Waals surface area contributed by atoms with E-state index in [0.29, 0.717) is 0 Å². The van der Waals surface area contributed by atoms with E-state index in [9.17, 15) is 0 Å². The summed E-state index contributed by atoms with van der Waals surface area (Å²) in [4.78, 5) is 8.49. The molecule has 1 atom stereocenters. The number of thiazole rings is 1. The number of nitrogens with two attached hydrogens (primary N) is 1. The number of fused-ring (bicyclic) bond motifs is 4. The maximum Gasteiger partial charge on any atom is 0.153 e. The Balaban J connectivity index is 1.32. The van der Waals surface area contributed by atoms with E-state index in [1.54, 1.807) is 30.2 Å². The van der Waals surface area contributed by atoms with Gasteiger partial charge in [0, 0.05) is 34.2 Å². The van der Waals surface area contributed by atoms with Crippen molar-refractivity contribution >= 4 is 44.2 Å². The number of aromatic nitrogens is 2. The van der Waals surface area contributed by atoms with E-state index in [0.717, 1.165) is 34.3 Å². The molecule has 0 radical (unpaired) electrons. The van der Waals surface area contributed by atoms with Crippen molar-refractivity contribution in [2.24, 2.45) is 0 Å². The van der Waals surface area contributed by atoms with Crippen molar-refractivity contribution in [3.8, 4) is 5.75 Å². The Hall–Kier alpha value is -2.80. The Bertz CT molecular complexity index is 1390. The molecule has 0 fully saturated rings. The largest absolute Gasteiger partial charge is 0.496 e. The Kier molecular flexibility index (Phi) is 5.14. The van der Waals surface area contributed by atoms with Crippen molar-refractivity contribution in [1.82, 2.24) is 9.97 Å². The molecule has 3 N–H and O–H groups in total. The second-order valence-electron chi connectivity index (χ2n) is 8.12. The number of benzene rings is 3. The van der Waals surface area contributed by atoms with Gasteiger partial charge in [-0.25, -0.2) is 4.98 Å². The molecule has 6 rings (SSSR count). The Labute approximate surface area is 195 Å². The van der Waals surface area contributed by atoms with Gasteiger partial charge in [0.2, 0.25) is 0 Å². The minimum Gasteiger partial charge on any atom is -0.496 e. The normalized spacial score (nSPS) is 15.8. The summed E-state index contributed by atoms with van der Waals surface area (Å²) >= 11 is 3.54. The first-order valence-corrected chi connectivity index (χ1v) is 12.7. The summed E-state index contributed by atoms with van der Waals surface area (Å²) in [7, 11) is 1.75. The van der Waals surface area contributed by atoms with E-state index in [4.69, 9.17) is 9.72 Å². The molecule has 0 amide bonds. The number of ether oxygens (including phenoxy) is 1. The zero-order chi connectivity index (χ0) is 21.5. The molecule has 0 bridgehead atoms. The van der Waals surface area contributed by atoms with Crippen molar-refractivity contribution in [3.63, 3.8) is 0 Å². The number of rotatable bonds is 5. The van der Waals surface area contributed by atoms with Gasteiger partial charge in [-0.2, -0.15) is 0 Å². The lowest BCUT2D eigenvalue weighted by molar-refractivity contribution is -0.690. The molecule has 3 aromatic carbocycles. The van der Waals surface area contributed by atoms with Crippen LogP contribution in [0.25, 0.3) is 21.1 Å². The first kappa shape index (κ1) is 19.9. The standard InChI is InChI=1S/C26H23N3OS2/c1-30-22-11-10-16(14-17(22)15-31-26-29-21-8-4-5-9-23(21)32-26)24-25-19(12-13-27-24)18-6-2-3-7-20(18)28-25/h2-11,14,24,27-28H,12-13,15H2,1H3/p+1/t24-/m0/s1. The van der Waals surface area contributed by atoms with Gasteiger partial charge in [0.1, 0.15) is 5.75 Å². The number of methoxy groups -OCH3 is 1. The highest BCUT2D eigenvalue weighted by molar-refractivity contribution is 8.00. The Morgan fingerprint density at radius 3 is 2.91 bits per heavy atom. The lowest BCUT2D eigenvalue weighted by Gasteiger charge is -2.22. The molecule has 1 aliphatic heterocycles. The molecular formula is C26H24N3OS2+. The van der Waals surface area contributed by atoms with Crippen molar-refractivity contribution in [2.75, 3.05) is 13.7 Å². The number of quaternary nitrogens is 1. The van der Waals surface area contributed by atoms with Gasteiger partial charge < -0.3 is 15.0 Å². The van der Waals surface area contributed by atoms with Crippen LogP contribution in [0.1, 0.15) is 28.4 Å². The SMILES string of the molecule is COc1ccc([C@@H]2[NH2+]CCc3c2[nH]c2ccccc32)cc1CSc1nc2ccccc2s1. The molecule has 6 heteroatoms. The molecule has 0 aliphatic carbocycles. The molecule has 1 aliphatic rings. The highest BCUT2D eigenvalue weighted by Crippen LogP contribution is 2.36. The minimum atomic E-state index is 0.281. The molecule has 0 saturated carbocycles. The van der Waals surface area contributed by atoms with Crippen LogP contribution in [0.4, 0.5) is 0 Å². The van der Waals surface area contributed by atoms with Gasteiger partial charge in [-0.05, 0) is 42.0 Å². The van der Waals surface area contributed by atoms with Crippen LogP contribution < -0.4 is 10.1 Å². The summed E-state index contributed by atoms with van der Waals surface area (Å²) in [5.74, 6) is 1.78. The van der Waals surface area contributed by atoms with Crippen molar-refractivity contribution < 1.29 is 10.1 Å². The average Bonchev–Trinajstić information content (AvgIpc) is 3.43. The van der Waals surface area contributed by atoms with E-state index in [1.807, 2.05) is 6.07 Å². The highest BCUT2D eigenvalue weighted by atomic mass is 32.2. The first-order valence-electron chi connectivity index (χ1n) is 10.9. The number of thioether (sulfide) groups is 1. The zero-order valence-electron chi connectivity index (χ0n) is 17.8. The topological polar surface area (TPSA) is 54.5 Å². The van der Waals surface area contributed by atoms with Gasteiger partial charge in [0.25, 0.3) is 0 Å². The number of nitrogens with one attached hydrogen (secondary N) is 1. The molecule has 4 nitrogen and oxygen atoms in total. The van der Waals surface area contributed by atoms with Crippen molar-refractivity contribution in [1.29, 1.82) is 0 Å². The third kappa shape index (κ3) is 3.48. The van der Waals surface area contributed by atoms with E-state index in [2.05, 4.69) is 71.0 Å². The fourth-order valence-corrected chi connectivity index (χ4v) is 6.77. The fraction of sp³-hybridized carbons (Fsp3) is 0.192. The molecule has 32 heavy (non-hydrogen) atoms. The minimum absolute atomic E-state index is 0.281. The van der Waals surface area contributed by atoms with Crippen molar-refractivity contribution in [3.05, 3.63) is 89.1 Å². The maximum atomic E-state index is 5.70. The molecule has 3 heterocycles. The van der Waals surface area contributed by atoms with E-state index in [1.165, 1.54) is 38.0 Å². The van der Waals surface area contributed by atoms with Crippen LogP contribution in [-0.2, 0) is 12.2 Å². The summed E-state index contributed by atoms with van der Waals surface area (Å²) in [6.45, 7) is 1.10. The van der Waals surface area contributed by atoms with Crippen LogP contribution in [0.15, 0.2) is 71.1 Å². The van der Waals surface area contributed by atoms with Gasteiger partial charge in [0.15, 0.2) is 10.4 Å². The molecule has 160 valence electrons. The number of hydrogen-bond acceptors (Lipinski definition) is 4. The monoisotopic (exact) mass is 458 g/mol. The van der Waals surface area contributed by atoms with Gasteiger partial charge in [0.05, 0.1) is 29.6 Å². The quantitative estimate of drug-likeness (QED) is 0.352. The van der Waals surface area contributed by atoms with Crippen LogP contribution in [0.3, 0.4) is 0 Å². The van der Waals surface area contributed by atoms with Crippen LogP contribution >= 0.6 is 23.1 Å². The van der Waals surface area contributed by atoms with E-state index < -0.39 is 0 Å². The Morgan fingerprint density at radius 2 is 2.00 bits per heavy atom. The molecule has 5 aromatic rings. The van der Waals surface area contributed by atoms with E-state index in [-0.39, 0.29) is 6.04 Å². The molecule has 0 spiro atoms. The molecule has 2 aromatic heterocycles. The summed E-state index contributed by atoms with van der Waals surface area (Å²) in [5.41, 5.74) is 7.65. The van der Waals surface area contributed by atoms with Gasteiger partial charge in [-0.1, -0.05) is 42.1 Å². The molecule has 0 unspecified atom stereocenters. The predicted octanol–water partition coefficient (Wildman–Crippen LogP) is 5.29. The van der Waals surface area contributed by atoms with Crippen LogP contribution in [0, 0.1) is 0 Å². The van der Waals surface area contributed by atoms with Crippen LogP contribution in [-0.4, -0.2) is 23.6 Å². The number of H-pyrrole nitrogens is 1. The summed E-state index contributed by atoms with van der Waals surface area (Å²) in [6, 6.07) is 23.9. The molecule has 0 saturated heterocycles. The third-order valence-electron chi connectivity index (χ3n) is 6.24. The van der Waals surface area contributed by atoms with E-state index >= 15 is 0 Å². The number of hydrogen-bond donors (Lipinski definition) is 2. The summed E-state index contributed by atoms with van der Waals surface area (Å²) < 4.78 is 8.04.